The Bertz CT molecular complexity index is 1110. The van der Waals surface area contributed by atoms with E-state index in [1.54, 1.807) is 0 Å². The van der Waals surface area contributed by atoms with Gasteiger partial charge in [0.1, 0.15) is 10.7 Å². The number of carbonyl (C=O) groups excluding carboxylic acids is 2. The Kier molecular flexibility index (Phi) is 4.25. The van der Waals surface area contributed by atoms with Crippen molar-refractivity contribution in [3.8, 4) is 0 Å². The van der Waals surface area contributed by atoms with Crippen molar-refractivity contribution in [2.24, 2.45) is 0 Å². The molecule has 0 spiro atoms. The molecular weight excluding hydrogens is 368 g/mol. The van der Waals surface area contributed by atoms with Gasteiger partial charge in [-0.25, -0.2) is 0 Å². The average Bonchev–Trinajstić information content (AvgIpc) is 3.23. The topological polar surface area (TPSA) is 93.7 Å². The molecule has 4 rings (SSSR count). The smallest absolute Gasteiger partial charge is 0.401 e. The van der Waals surface area contributed by atoms with Crippen LogP contribution in [-0.2, 0) is 11.3 Å². The Morgan fingerprint density at radius 2 is 1.85 bits per heavy atom. The van der Waals surface area contributed by atoms with Crippen molar-refractivity contribution in [2.75, 3.05) is 0 Å². The molecule has 1 saturated heterocycles. The average molecular weight is 380 g/mol. The molecule has 1 aliphatic heterocycles. The van der Waals surface area contributed by atoms with Gasteiger partial charge in [0.05, 0.1) is 17.5 Å². The Balaban J connectivity index is 1.61. The normalized spacial score (nSPS) is 15.9. The van der Waals surface area contributed by atoms with Gasteiger partial charge >= 0.3 is 5.88 Å². The monoisotopic (exact) mass is 380 g/mol. The zero-order valence-electron chi connectivity index (χ0n) is 13.8. The van der Waals surface area contributed by atoms with Crippen LogP contribution in [0.3, 0.4) is 0 Å². The number of nitro groups is 1. The molecule has 134 valence electrons. The minimum absolute atomic E-state index is 0.150. The summed E-state index contributed by atoms with van der Waals surface area (Å²) < 4.78 is 5.03. The number of rotatable bonds is 4. The minimum atomic E-state index is -0.663. The van der Waals surface area contributed by atoms with Crippen molar-refractivity contribution in [1.29, 1.82) is 0 Å². The quantitative estimate of drug-likeness (QED) is 0.374. The highest BCUT2D eigenvalue weighted by Gasteiger charge is 2.35. The first kappa shape index (κ1) is 17.0. The SMILES string of the molecule is O=C1S/C(=C/c2ccc([N+](=O)[O-])o2)C(=O)N1Cc1cccc2ccccc12. The van der Waals surface area contributed by atoms with Crippen LogP contribution in [0, 0.1) is 10.1 Å². The van der Waals surface area contributed by atoms with Gasteiger partial charge in [0.15, 0.2) is 0 Å². The second-order valence-electron chi connectivity index (χ2n) is 5.84. The van der Waals surface area contributed by atoms with Crippen molar-refractivity contribution < 1.29 is 18.9 Å². The van der Waals surface area contributed by atoms with Crippen molar-refractivity contribution in [2.45, 2.75) is 6.54 Å². The maximum atomic E-state index is 12.6. The third-order valence-electron chi connectivity index (χ3n) is 4.15. The molecule has 0 saturated carbocycles. The van der Waals surface area contributed by atoms with Gasteiger partial charge in [-0.15, -0.1) is 0 Å². The summed E-state index contributed by atoms with van der Waals surface area (Å²) in [5, 5.41) is 12.3. The number of benzene rings is 2. The van der Waals surface area contributed by atoms with Crippen LogP contribution in [-0.4, -0.2) is 21.0 Å². The van der Waals surface area contributed by atoms with Gasteiger partial charge in [-0.2, -0.15) is 0 Å². The third kappa shape index (κ3) is 3.22. The molecule has 0 aliphatic carbocycles. The lowest BCUT2D eigenvalue weighted by molar-refractivity contribution is -0.402. The van der Waals surface area contributed by atoms with Crippen LogP contribution < -0.4 is 0 Å². The molecule has 0 unspecified atom stereocenters. The Hall–Kier alpha value is -3.39. The van der Waals surface area contributed by atoms with E-state index in [9.17, 15) is 19.7 Å². The van der Waals surface area contributed by atoms with Crippen LogP contribution >= 0.6 is 11.8 Å². The molecule has 8 heteroatoms. The van der Waals surface area contributed by atoms with Crippen molar-refractivity contribution in [3.63, 3.8) is 0 Å². The molecule has 2 amide bonds. The van der Waals surface area contributed by atoms with Gasteiger partial charge in [-0.3, -0.25) is 24.6 Å². The number of nitrogens with zero attached hydrogens (tertiary/aromatic N) is 2. The number of thioether (sulfide) groups is 1. The molecule has 0 radical (unpaired) electrons. The summed E-state index contributed by atoms with van der Waals surface area (Å²) in [6, 6.07) is 16.1. The molecule has 3 aromatic rings. The summed E-state index contributed by atoms with van der Waals surface area (Å²) in [4.78, 5) is 36.3. The zero-order valence-corrected chi connectivity index (χ0v) is 14.6. The Morgan fingerprint density at radius 3 is 2.63 bits per heavy atom. The summed E-state index contributed by atoms with van der Waals surface area (Å²) in [7, 11) is 0. The number of imide groups is 1. The number of hydrogen-bond donors (Lipinski definition) is 0. The van der Waals surface area contributed by atoms with E-state index in [2.05, 4.69) is 0 Å². The second-order valence-corrected chi connectivity index (χ2v) is 6.83. The highest BCUT2D eigenvalue weighted by atomic mass is 32.2. The van der Waals surface area contributed by atoms with Crippen LogP contribution in [0.2, 0.25) is 0 Å². The largest absolute Gasteiger partial charge is 0.433 e. The van der Waals surface area contributed by atoms with E-state index in [-0.39, 0.29) is 22.4 Å². The summed E-state index contributed by atoms with van der Waals surface area (Å²) in [6.45, 7) is 0.154. The predicted octanol–water partition coefficient (Wildman–Crippen LogP) is 4.58. The van der Waals surface area contributed by atoms with Crippen molar-refractivity contribution in [1.82, 2.24) is 4.90 Å². The molecule has 1 aliphatic rings. The number of furan rings is 1. The molecule has 1 fully saturated rings. The first-order valence-corrected chi connectivity index (χ1v) is 8.81. The van der Waals surface area contributed by atoms with Gasteiger partial charge in [0.25, 0.3) is 11.1 Å². The number of amides is 2. The summed E-state index contributed by atoms with van der Waals surface area (Å²) in [5.74, 6) is -0.717. The zero-order chi connectivity index (χ0) is 19.0. The van der Waals surface area contributed by atoms with E-state index < -0.39 is 16.7 Å². The van der Waals surface area contributed by atoms with E-state index in [1.807, 2.05) is 42.5 Å². The lowest BCUT2D eigenvalue weighted by Crippen LogP contribution is -2.27. The molecule has 2 heterocycles. The molecule has 7 nitrogen and oxygen atoms in total. The summed E-state index contributed by atoms with van der Waals surface area (Å²) >= 11 is 0.788. The number of hydrogen-bond acceptors (Lipinski definition) is 6. The Labute approximate surface area is 157 Å². The molecule has 2 aromatic carbocycles. The lowest BCUT2D eigenvalue weighted by Gasteiger charge is -2.14. The molecule has 1 aromatic heterocycles. The van der Waals surface area contributed by atoms with Gasteiger partial charge < -0.3 is 4.42 Å². The Morgan fingerprint density at radius 1 is 1.07 bits per heavy atom. The fourth-order valence-electron chi connectivity index (χ4n) is 2.88. The van der Waals surface area contributed by atoms with Crippen LogP contribution in [0.5, 0.6) is 0 Å². The van der Waals surface area contributed by atoms with Gasteiger partial charge in [0.2, 0.25) is 0 Å². The molecule has 27 heavy (non-hydrogen) atoms. The van der Waals surface area contributed by atoms with Crippen molar-refractivity contribution in [3.05, 3.63) is 80.9 Å². The molecule has 0 N–H and O–H groups in total. The molecular formula is C19H12N2O5S. The van der Waals surface area contributed by atoms with Crippen LogP contribution in [0.4, 0.5) is 10.7 Å². The number of carbonyl (C=O) groups is 2. The maximum absolute atomic E-state index is 12.6. The van der Waals surface area contributed by atoms with E-state index in [0.717, 1.165) is 33.0 Å². The minimum Gasteiger partial charge on any atom is -0.401 e. The van der Waals surface area contributed by atoms with Gasteiger partial charge in [-0.1, -0.05) is 42.5 Å². The highest BCUT2D eigenvalue weighted by molar-refractivity contribution is 8.18. The van der Waals surface area contributed by atoms with E-state index in [4.69, 9.17) is 4.42 Å². The fraction of sp³-hybridized carbons (Fsp3) is 0.0526. The first-order valence-electron chi connectivity index (χ1n) is 7.99. The third-order valence-corrected chi connectivity index (χ3v) is 5.06. The summed E-state index contributed by atoms with van der Waals surface area (Å²) in [6.07, 6.45) is 1.35. The van der Waals surface area contributed by atoms with Gasteiger partial charge in [-0.05, 0) is 34.2 Å². The highest BCUT2D eigenvalue weighted by Crippen LogP contribution is 2.34. The number of fused-ring (bicyclic) bond motifs is 1. The molecule has 0 atom stereocenters. The maximum Gasteiger partial charge on any atom is 0.433 e. The lowest BCUT2D eigenvalue weighted by atomic mass is 10.0. The predicted molar refractivity (Wildman–Crippen MR) is 101 cm³/mol. The first-order chi connectivity index (χ1) is 13.0. The van der Waals surface area contributed by atoms with Crippen LogP contribution in [0.25, 0.3) is 16.8 Å². The van der Waals surface area contributed by atoms with E-state index in [1.165, 1.54) is 18.2 Å². The van der Waals surface area contributed by atoms with Crippen LogP contribution in [0.15, 0.2) is 63.9 Å². The molecule has 0 bridgehead atoms. The second kappa shape index (κ2) is 6.73. The van der Waals surface area contributed by atoms with E-state index in [0.29, 0.717) is 0 Å². The standard InChI is InChI=1S/C19H12N2O5S/c22-18-16(10-14-8-9-17(26-14)21(24)25)27-19(23)20(18)11-13-6-3-5-12-4-1-2-7-15(12)13/h1-10H,11H2/b16-10+. The van der Waals surface area contributed by atoms with Crippen LogP contribution in [0.1, 0.15) is 11.3 Å². The van der Waals surface area contributed by atoms with E-state index >= 15 is 0 Å². The summed E-state index contributed by atoms with van der Waals surface area (Å²) in [5.41, 5.74) is 0.866. The van der Waals surface area contributed by atoms with Crippen molar-refractivity contribution >= 4 is 45.6 Å². The fourth-order valence-corrected chi connectivity index (χ4v) is 3.70. The van der Waals surface area contributed by atoms with Gasteiger partial charge in [0, 0.05) is 6.08 Å².